The Bertz CT molecular complexity index is 294. The first kappa shape index (κ1) is 15.8. The van der Waals surface area contributed by atoms with Gasteiger partial charge in [0.1, 0.15) is 0 Å². The lowest BCUT2D eigenvalue weighted by molar-refractivity contribution is -0.123. The summed E-state index contributed by atoms with van der Waals surface area (Å²) in [6.45, 7) is 4.51. The second-order valence-electron chi connectivity index (χ2n) is 6.56. The highest BCUT2D eigenvalue weighted by Crippen LogP contribution is 2.37. The molecule has 1 unspecified atom stereocenters. The van der Waals surface area contributed by atoms with Crippen molar-refractivity contribution < 1.29 is 4.79 Å². The molecule has 3 N–H and O–H groups in total. The molecule has 2 aliphatic rings. The van der Waals surface area contributed by atoms with Gasteiger partial charge in [-0.2, -0.15) is 0 Å². The van der Waals surface area contributed by atoms with E-state index in [9.17, 15) is 4.79 Å². The van der Waals surface area contributed by atoms with Crippen molar-refractivity contribution in [3.63, 3.8) is 0 Å². The van der Waals surface area contributed by atoms with E-state index in [0.29, 0.717) is 18.4 Å². The fourth-order valence-corrected chi connectivity index (χ4v) is 3.40. The van der Waals surface area contributed by atoms with Crippen molar-refractivity contribution in [1.29, 1.82) is 0 Å². The van der Waals surface area contributed by atoms with Gasteiger partial charge in [0.25, 0.3) is 0 Å². The van der Waals surface area contributed by atoms with E-state index in [2.05, 4.69) is 19.2 Å². The maximum absolute atomic E-state index is 12.0. The summed E-state index contributed by atoms with van der Waals surface area (Å²) >= 11 is 0. The van der Waals surface area contributed by atoms with Gasteiger partial charge in [-0.25, -0.2) is 0 Å². The molecule has 3 atom stereocenters. The lowest BCUT2D eigenvalue weighted by atomic mass is 9.87. The zero-order valence-corrected chi connectivity index (χ0v) is 12.4. The Balaban J connectivity index is 0.00000162. The molecule has 0 radical (unpaired) electrons. The molecule has 2 aliphatic carbocycles. The van der Waals surface area contributed by atoms with E-state index in [4.69, 9.17) is 5.73 Å². The first-order valence-corrected chi connectivity index (χ1v) is 7.04. The van der Waals surface area contributed by atoms with Crippen LogP contribution in [0.5, 0.6) is 0 Å². The first-order valence-electron chi connectivity index (χ1n) is 7.04. The van der Waals surface area contributed by atoms with Crippen molar-refractivity contribution in [1.82, 2.24) is 5.32 Å². The summed E-state index contributed by atoms with van der Waals surface area (Å²) in [7, 11) is 0. The summed E-state index contributed by atoms with van der Waals surface area (Å²) in [5, 5.41) is 3.22. The molecule has 106 valence electrons. The van der Waals surface area contributed by atoms with Gasteiger partial charge in [0, 0.05) is 18.5 Å². The molecule has 4 heteroatoms. The highest BCUT2D eigenvalue weighted by molar-refractivity contribution is 5.85. The van der Waals surface area contributed by atoms with E-state index < -0.39 is 0 Å². The third kappa shape index (κ3) is 3.61. The molecule has 1 amide bonds. The minimum Gasteiger partial charge on any atom is -0.353 e. The Morgan fingerprint density at radius 3 is 2.50 bits per heavy atom. The third-order valence-corrected chi connectivity index (χ3v) is 4.76. The zero-order valence-electron chi connectivity index (χ0n) is 11.6. The molecule has 0 spiro atoms. The topological polar surface area (TPSA) is 55.1 Å². The van der Waals surface area contributed by atoms with Gasteiger partial charge in [-0.1, -0.05) is 26.7 Å². The van der Waals surface area contributed by atoms with Gasteiger partial charge in [-0.05, 0) is 37.0 Å². The molecule has 0 aliphatic heterocycles. The van der Waals surface area contributed by atoms with Crippen LogP contribution in [0.2, 0.25) is 0 Å². The number of carbonyl (C=O) groups excluding carboxylic acids is 1. The average Bonchev–Trinajstić information content (AvgIpc) is 2.75. The number of hydrogen-bond acceptors (Lipinski definition) is 2. The summed E-state index contributed by atoms with van der Waals surface area (Å²) in [6.07, 6.45) is 7.63. The summed E-state index contributed by atoms with van der Waals surface area (Å²) in [5.41, 5.74) is 6.28. The summed E-state index contributed by atoms with van der Waals surface area (Å²) in [4.78, 5) is 12.0. The van der Waals surface area contributed by atoms with Gasteiger partial charge in [0.2, 0.25) is 5.91 Å². The van der Waals surface area contributed by atoms with Gasteiger partial charge < -0.3 is 11.1 Å². The quantitative estimate of drug-likeness (QED) is 0.831. The Morgan fingerprint density at radius 1 is 1.28 bits per heavy atom. The van der Waals surface area contributed by atoms with Crippen LogP contribution in [-0.4, -0.2) is 18.0 Å². The van der Waals surface area contributed by atoms with Crippen molar-refractivity contribution in [2.45, 2.75) is 70.9 Å². The normalized spacial score (nSPS) is 34.1. The van der Waals surface area contributed by atoms with E-state index in [0.717, 1.165) is 19.3 Å². The maximum atomic E-state index is 12.0. The molecule has 2 fully saturated rings. The Labute approximate surface area is 117 Å². The number of amides is 1. The van der Waals surface area contributed by atoms with Crippen LogP contribution in [0.3, 0.4) is 0 Å². The Kier molecular flexibility index (Phi) is 5.47. The monoisotopic (exact) mass is 274 g/mol. The van der Waals surface area contributed by atoms with Crippen molar-refractivity contribution in [3.05, 3.63) is 0 Å². The van der Waals surface area contributed by atoms with Crippen LogP contribution in [0.25, 0.3) is 0 Å². The average molecular weight is 275 g/mol. The summed E-state index contributed by atoms with van der Waals surface area (Å²) < 4.78 is 0. The smallest absolute Gasteiger partial charge is 0.220 e. The second kappa shape index (κ2) is 6.25. The van der Waals surface area contributed by atoms with E-state index in [-0.39, 0.29) is 29.8 Å². The maximum Gasteiger partial charge on any atom is 0.220 e. The molecule has 2 saturated carbocycles. The second-order valence-corrected chi connectivity index (χ2v) is 6.56. The highest BCUT2D eigenvalue weighted by Gasteiger charge is 2.36. The molecule has 0 saturated heterocycles. The third-order valence-electron chi connectivity index (χ3n) is 4.76. The van der Waals surface area contributed by atoms with E-state index in [1.807, 2.05) is 0 Å². The van der Waals surface area contributed by atoms with Crippen LogP contribution in [0.1, 0.15) is 58.8 Å². The standard InChI is InChI=1S/C14H26N2O.ClH/c1-14(2)8-4-7-12(14)16-13(17)9-10-5-3-6-11(10)15;/h10-12H,3-9,15H2,1-2H3,(H,16,17);1H/t10-,11+,12?;/m0./s1. The van der Waals surface area contributed by atoms with Crippen LogP contribution in [0, 0.1) is 11.3 Å². The van der Waals surface area contributed by atoms with Crippen molar-refractivity contribution in [2.75, 3.05) is 0 Å². The molecule has 0 bridgehead atoms. The van der Waals surface area contributed by atoms with Gasteiger partial charge in [0.15, 0.2) is 0 Å². The first-order chi connectivity index (χ1) is 7.99. The van der Waals surface area contributed by atoms with Gasteiger partial charge in [-0.15, -0.1) is 12.4 Å². The number of hydrogen-bond donors (Lipinski definition) is 2. The molecular weight excluding hydrogens is 248 g/mol. The van der Waals surface area contributed by atoms with Crippen LogP contribution in [0.4, 0.5) is 0 Å². The molecule has 3 nitrogen and oxygen atoms in total. The Morgan fingerprint density at radius 2 is 2.00 bits per heavy atom. The van der Waals surface area contributed by atoms with Gasteiger partial charge in [-0.3, -0.25) is 4.79 Å². The SMILES string of the molecule is CC1(C)CCCC1NC(=O)C[C@@H]1CCC[C@H]1N.Cl. The molecule has 0 aromatic heterocycles. The van der Waals surface area contributed by atoms with Gasteiger partial charge >= 0.3 is 0 Å². The number of nitrogens with one attached hydrogen (secondary N) is 1. The fraction of sp³-hybridized carbons (Fsp3) is 0.929. The predicted molar refractivity (Wildman–Crippen MR) is 76.7 cm³/mol. The number of carbonyl (C=O) groups is 1. The molecule has 2 rings (SSSR count). The molecule has 0 aromatic rings. The van der Waals surface area contributed by atoms with Gasteiger partial charge in [0.05, 0.1) is 0 Å². The van der Waals surface area contributed by atoms with Crippen molar-refractivity contribution >= 4 is 18.3 Å². The number of rotatable bonds is 3. The molecule has 0 heterocycles. The molecule has 0 aromatic carbocycles. The molecular formula is C14H27ClN2O. The zero-order chi connectivity index (χ0) is 12.5. The van der Waals surface area contributed by atoms with E-state index in [1.165, 1.54) is 19.3 Å². The van der Waals surface area contributed by atoms with E-state index in [1.54, 1.807) is 0 Å². The Hall–Kier alpha value is -0.280. The minimum atomic E-state index is 0. The largest absolute Gasteiger partial charge is 0.353 e. The van der Waals surface area contributed by atoms with Crippen LogP contribution >= 0.6 is 12.4 Å². The minimum absolute atomic E-state index is 0. The van der Waals surface area contributed by atoms with Crippen LogP contribution in [0.15, 0.2) is 0 Å². The van der Waals surface area contributed by atoms with E-state index >= 15 is 0 Å². The fourth-order valence-electron chi connectivity index (χ4n) is 3.40. The van der Waals surface area contributed by atoms with Crippen LogP contribution < -0.4 is 11.1 Å². The van der Waals surface area contributed by atoms with Crippen LogP contribution in [-0.2, 0) is 4.79 Å². The lowest BCUT2D eigenvalue weighted by Crippen LogP contribution is -2.42. The number of halogens is 1. The van der Waals surface area contributed by atoms with Crippen molar-refractivity contribution in [3.8, 4) is 0 Å². The number of nitrogens with two attached hydrogens (primary N) is 1. The summed E-state index contributed by atoms with van der Waals surface area (Å²) in [6, 6.07) is 0.616. The predicted octanol–water partition coefficient (Wildman–Crippen LogP) is 2.62. The lowest BCUT2D eigenvalue weighted by Gasteiger charge is -2.28. The summed E-state index contributed by atoms with van der Waals surface area (Å²) in [5.74, 6) is 0.631. The molecule has 18 heavy (non-hydrogen) atoms. The highest BCUT2D eigenvalue weighted by atomic mass is 35.5. The van der Waals surface area contributed by atoms with Crippen molar-refractivity contribution in [2.24, 2.45) is 17.1 Å².